The van der Waals surface area contributed by atoms with Crippen molar-refractivity contribution in [3.05, 3.63) is 65.5 Å². The average molecular weight is 405 g/mol. The Balaban J connectivity index is 1.86. The van der Waals surface area contributed by atoms with Crippen LogP contribution in [0.15, 0.2) is 53.4 Å². The minimum Gasteiger partial charge on any atom is -0.461 e. The third-order valence-electron chi connectivity index (χ3n) is 3.41. The van der Waals surface area contributed by atoms with E-state index < -0.39 is 38.4 Å². The molecule has 2 aromatic carbocycles. The number of sulfonamides is 1. The molecule has 10 heteroatoms. The van der Waals surface area contributed by atoms with Gasteiger partial charge in [-0.1, -0.05) is 18.2 Å². The molecule has 0 atom stereocenters. The Labute approximate surface area is 153 Å². The first-order chi connectivity index (χ1) is 12.6. The summed E-state index contributed by atoms with van der Waals surface area (Å²) >= 11 is 0. The van der Waals surface area contributed by atoms with E-state index in [1.807, 2.05) is 4.72 Å². The number of benzene rings is 2. The van der Waals surface area contributed by atoms with Crippen LogP contribution in [-0.4, -0.2) is 20.9 Å². The lowest BCUT2D eigenvalue weighted by Gasteiger charge is -2.10. The van der Waals surface area contributed by atoms with Gasteiger partial charge in [-0.3, -0.25) is 4.79 Å². The van der Waals surface area contributed by atoms with Crippen molar-refractivity contribution in [3.8, 4) is 0 Å². The molecule has 1 N–H and O–H groups in total. The second kappa shape index (κ2) is 8.49. The second-order valence-corrected chi connectivity index (χ2v) is 7.23. The summed E-state index contributed by atoms with van der Waals surface area (Å²) in [6.07, 6.45) is -4.99. The third kappa shape index (κ3) is 6.33. The highest BCUT2D eigenvalue weighted by atomic mass is 32.2. The normalized spacial score (nSPS) is 12.0. The summed E-state index contributed by atoms with van der Waals surface area (Å²) in [5.74, 6) is -1.15. The first-order valence-electron chi connectivity index (χ1n) is 7.65. The molecule has 0 aliphatic carbocycles. The van der Waals surface area contributed by atoms with Crippen molar-refractivity contribution in [1.82, 2.24) is 4.72 Å². The van der Waals surface area contributed by atoms with Crippen LogP contribution in [0, 0.1) is 5.82 Å². The number of rotatable bonds is 7. The summed E-state index contributed by atoms with van der Waals surface area (Å²) in [6, 6.07) is 8.52. The molecule has 0 fully saturated rings. The molecule has 2 rings (SSSR count). The van der Waals surface area contributed by atoms with E-state index in [0.717, 1.165) is 18.2 Å². The van der Waals surface area contributed by atoms with E-state index in [-0.39, 0.29) is 19.6 Å². The van der Waals surface area contributed by atoms with Crippen LogP contribution in [-0.2, 0) is 32.3 Å². The quantitative estimate of drug-likeness (QED) is 0.567. The van der Waals surface area contributed by atoms with Crippen LogP contribution < -0.4 is 4.72 Å². The van der Waals surface area contributed by atoms with Gasteiger partial charge in [-0.2, -0.15) is 13.2 Å². The molecule has 0 saturated carbocycles. The highest BCUT2D eigenvalue weighted by Gasteiger charge is 2.31. The van der Waals surface area contributed by atoms with Gasteiger partial charge in [0.2, 0.25) is 10.0 Å². The lowest BCUT2D eigenvalue weighted by molar-refractivity contribution is -0.144. The van der Waals surface area contributed by atoms with Gasteiger partial charge in [0, 0.05) is 6.54 Å². The molecule has 0 radical (unpaired) electrons. The van der Waals surface area contributed by atoms with Crippen LogP contribution in [0.3, 0.4) is 0 Å². The first kappa shape index (κ1) is 20.8. The summed E-state index contributed by atoms with van der Waals surface area (Å²) in [5, 5.41) is 0. The molecule has 0 bridgehead atoms. The number of carbonyl (C=O) groups excluding carboxylic acids is 1. The number of hydrogen-bond acceptors (Lipinski definition) is 4. The van der Waals surface area contributed by atoms with Gasteiger partial charge in [0.15, 0.2) is 0 Å². The maximum absolute atomic E-state index is 12.8. The minimum absolute atomic E-state index is 0.112. The topological polar surface area (TPSA) is 72.5 Å². The minimum atomic E-state index is -4.67. The molecule has 0 heterocycles. The van der Waals surface area contributed by atoms with Crippen molar-refractivity contribution in [2.45, 2.75) is 24.1 Å². The number of ether oxygens (including phenoxy) is 1. The molecule has 5 nitrogen and oxygen atoms in total. The molecule has 2 aromatic rings. The predicted molar refractivity (Wildman–Crippen MR) is 87.4 cm³/mol. The Morgan fingerprint density at radius 1 is 1.07 bits per heavy atom. The smallest absolute Gasteiger partial charge is 0.416 e. The highest BCUT2D eigenvalue weighted by Crippen LogP contribution is 2.30. The fourth-order valence-corrected chi connectivity index (χ4v) is 3.10. The van der Waals surface area contributed by atoms with E-state index in [0.29, 0.717) is 11.6 Å². The molecule has 0 aliphatic rings. The summed E-state index contributed by atoms with van der Waals surface area (Å²) < 4.78 is 81.8. The molecule has 0 saturated heterocycles. The highest BCUT2D eigenvalue weighted by molar-refractivity contribution is 7.89. The fraction of sp³-hybridized carbons (Fsp3) is 0.235. The summed E-state index contributed by atoms with van der Waals surface area (Å²) in [7, 11) is -4.21. The zero-order chi connectivity index (χ0) is 20.1. The number of hydrogen-bond donors (Lipinski definition) is 1. The van der Waals surface area contributed by atoms with Gasteiger partial charge in [-0.15, -0.1) is 0 Å². The van der Waals surface area contributed by atoms with Crippen LogP contribution >= 0.6 is 0 Å². The molecule has 0 aliphatic heterocycles. The van der Waals surface area contributed by atoms with Crippen molar-refractivity contribution in [2.24, 2.45) is 0 Å². The molecular weight excluding hydrogens is 390 g/mol. The van der Waals surface area contributed by atoms with Crippen LogP contribution in [0.25, 0.3) is 0 Å². The SMILES string of the molecule is O=C(CCNS(=O)(=O)c1cccc(C(F)(F)F)c1)OCc1ccc(F)cc1. The van der Waals surface area contributed by atoms with Gasteiger partial charge in [0.05, 0.1) is 16.9 Å². The van der Waals surface area contributed by atoms with Gasteiger partial charge >= 0.3 is 12.1 Å². The van der Waals surface area contributed by atoms with Crippen molar-refractivity contribution in [2.75, 3.05) is 6.54 Å². The molecule has 0 spiro atoms. The molecular formula is C17H15F4NO4S. The summed E-state index contributed by atoms with van der Waals surface area (Å²) in [5.41, 5.74) is -0.543. The Morgan fingerprint density at radius 3 is 2.37 bits per heavy atom. The Morgan fingerprint density at radius 2 is 1.74 bits per heavy atom. The van der Waals surface area contributed by atoms with Gasteiger partial charge in [-0.25, -0.2) is 17.5 Å². The molecule has 146 valence electrons. The van der Waals surface area contributed by atoms with Crippen molar-refractivity contribution in [1.29, 1.82) is 0 Å². The number of nitrogens with one attached hydrogen (secondary N) is 1. The number of esters is 1. The van der Waals surface area contributed by atoms with Gasteiger partial charge < -0.3 is 4.74 Å². The van der Waals surface area contributed by atoms with E-state index in [4.69, 9.17) is 4.74 Å². The maximum Gasteiger partial charge on any atom is 0.416 e. The van der Waals surface area contributed by atoms with Gasteiger partial charge in [-0.05, 0) is 35.9 Å². The third-order valence-corrected chi connectivity index (χ3v) is 4.86. The Bertz CT molecular complexity index is 896. The van der Waals surface area contributed by atoms with Crippen molar-refractivity contribution >= 4 is 16.0 Å². The summed E-state index contributed by atoms with van der Waals surface area (Å²) in [4.78, 5) is 11.1. The van der Waals surface area contributed by atoms with Crippen LogP contribution in [0.2, 0.25) is 0 Å². The molecule has 27 heavy (non-hydrogen) atoms. The lowest BCUT2D eigenvalue weighted by Crippen LogP contribution is -2.27. The van der Waals surface area contributed by atoms with E-state index in [2.05, 4.69) is 0 Å². The average Bonchev–Trinajstić information content (AvgIpc) is 2.60. The fourth-order valence-electron chi connectivity index (χ4n) is 2.03. The van der Waals surface area contributed by atoms with E-state index in [1.54, 1.807) is 0 Å². The standard InChI is InChI=1S/C17H15F4NO4S/c18-14-6-4-12(5-7-14)11-26-16(23)8-9-22-27(24,25)15-3-1-2-13(10-15)17(19,20)21/h1-7,10,22H,8-9,11H2. The largest absolute Gasteiger partial charge is 0.461 e. The predicted octanol–water partition coefficient (Wildman–Crippen LogP) is 3.26. The van der Waals surface area contributed by atoms with E-state index >= 15 is 0 Å². The second-order valence-electron chi connectivity index (χ2n) is 5.46. The van der Waals surface area contributed by atoms with Gasteiger partial charge in [0.25, 0.3) is 0 Å². The van der Waals surface area contributed by atoms with Crippen molar-refractivity contribution < 1.29 is 35.5 Å². The zero-order valence-corrected chi connectivity index (χ0v) is 14.6. The van der Waals surface area contributed by atoms with E-state index in [1.165, 1.54) is 24.3 Å². The van der Waals surface area contributed by atoms with Gasteiger partial charge in [0.1, 0.15) is 12.4 Å². The Kier molecular flexibility index (Phi) is 6.55. The molecule has 0 aromatic heterocycles. The van der Waals surface area contributed by atoms with E-state index in [9.17, 15) is 30.8 Å². The number of alkyl halides is 3. The Hall–Kier alpha value is -2.46. The molecule has 0 unspecified atom stereocenters. The number of halogens is 4. The lowest BCUT2D eigenvalue weighted by atomic mass is 10.2. The molecule has 0 amide bonds. The monoisotopic (exact) mass is 405 g/mol. The summed E-state index contributed by atoms with van der Waals surface area (Å²) in [6.45, 7) is -0.458. The number of carbonyl (C=O) groups is 1. The van der Waals surface area contributed by atoms with Crippen molar-refractivity contribution in [3.63, 3.8) is 0 Å². The van der Waals surface area contributed by atoms with Crippen LogP contribution in [0.1, 0.15) is 17.5 Å². The first-order valence-corrected chi connectivity index (χ1v) is 9.13. The zero-order valence-electron chi connectivity index (χ0n) is 13.8. The van der Waals surface area contributed by atoms with Crippen LogP contribution in [0.4, 0.5) is 17.6 Å². The maximum atomic E-state index is 12.8. The van der Waals surface area contributed by atoms with Crippen LogP contribution in [0.5, 0.6) is 0 Å².